The van der Waals surface area contributed by atoms with Gasteiger partial charge in [0.25, 0.3) is 11.5 Å². The first kappa shape index (κ1) is 27.1. The molecule has 1 fully saturated rings. The number of carbonyl (C=O) groups excluding carboxylic acids is 2. The number of aromatic nitrogens is 4. The zero-order chi connectivity index (χ0) is 28.9. The van der Waals surface area contributed by atoms with Crippen molar-refractivity contribution in [2.24, 2.45) is 14.1 Å². The van der Waals surface area contributed by atoms with E-state index in [1.54, 1.807) is 43.3 Å². The number of aryl methyl sites for hydroxylation is 3. The maximum atomic E-state index is 13.7. The molecular formula is C28H32N6O6. The van der Waals surface area contributed by atoms with Gasteiger partial charge < -0.3 is 15.3 Å². The van der Waals surface area contributed by atoms with Crippen molar-refractivity contribution in [3.05, 3.63) is 72.8 Å². The Labute approximate surface area is 228 Å². The molecule has 0 aliphatic carbocycles. The van der Waals surface area contributed by atoms with E-state index in [0.717, 1.165) is 5.56 Å². The smallest absolute Gasteiger partial charge is 0.331 e. The standard InChI is InChI=1S/C28H32N6O6/c1-16-5-6-22-20(13-16)26(38)34(28(40)30(22)3)18-7-9-32(10-8-18)25(37)19-14-24-23(15-21(19)29-17(2)36)31(4)27(39)33(24)11-12-35/h5-6,13-15,18,35H,7-12H2,1-4H3,(H,29,36). The number of imidazole rings is 1. The third-order valence-corrected chi connectivity index (χ3v) is 7.72. The van der Waals surface area contributed by atoms with E-state index < -0.39 is 5.69 Å². The molecule has 2 amide bonds. The zero-order valence-electron chi connectivity index (χ0n) is 22.9. The van der Waals surface area contributed by atoms with Crippen LogP contribution < -0.4 is 22.3 Å². The molecule has 0 saturated carbocycles. The molecule has 0 atom stereocenters. The first-order valence-electron chi connectivity index (χ1n) is 13.2. The minimum atomic E-state index is -0.393. The number of rotatable bonds is 5. The Morgan fingerprint density at radius 3 is 2.27 bits per heavy atom. The van der Waals surface area contributed by atoms with Crippen LogP contribution in [0.1, 0.15) is 41.7 Å². The average molecular weight is 549 g/mol. The molecule has 2 N–H and O–H groups in total. The Morgan fingerprint density at radius 1 is 0.950 bits per heavy atom. The fraction of sp³-hybridized carbons (Fsp3) is 0.393. The first-order valence-corrected chi connectivity index (χ1v) is 13.2. The minimum Gasteiger partial charge on any atom is -0.395 e. The first-order chi connectivity index (χ1) is 19.0. The van der Waals surface area contributed by atoms with Gasteiger partial charge in [0.2, 0.25) is 5.91 Å². The number of aliphatic hydroxyl groups excluding tert-OH is 1. The summed E-state index contributed by atoms with van der Waals surface area (Å²) in [5.41, 5.74) is 1.89. The Bertz CT molecular complexity index is 1850. The SMILES string of the molecule is CC(=O)Nc1cc2c(cc1C(=O)N1CCC(n3c(=O)c4cc(C)ccc4n(C)c3=O)CC1)n(CCO)c(=O)n2C. The predicted molar refractivity (Wildman–Crippen MR) is 151 cm³/mol. The van der Waals surface area contributed by atoms with E-state index in [2.05, 4.69) is 5.32 Å². The molecule has 3 heterocycles. The van der Waals surface area contributed by atoms with Crippen LogP contribution in [0.15, 0.2) is 44.7 Å². The maximum Gasteiger partial charge on any atom is 0.331 e. The van der Waals surface area contributed by atoms with Crippen LogP contribution in [0.3, 0.4) is 0 Å². The number of nitrogens with one attached hydrogen (secondary N) is 1. The van der Waals surface area contributed by atoms with E-state index in [1.165, 1.54) is 25.2 Å². The van der Waals surface area contributed by atoms with Gasteiger partial charge in [0.15, 0.2) is 0 Å². The number of aliphatic hydroxyl groups is 1. The van der Waals surface area contributed by atoms with Gasteiger partial charge in [-0.2, -0.15) is 0 Å². The minimum absolute atomic E-state index is 0.0592. The molecule has 0 radical (unpaired) electrons. The average Bonchev–Trinajstić information content (AvgIpc) is 3.15. The molecule has 2 aromatic carbocycles. The molecule has 40 heavy (non-hydrogen) atoms. The molecule has 12 nitrogen and oxygen atoms in total. The Kier molecular flexibility index (Phi) is 6.96. The number of likely N-dealkylation sites (tertiary alicyclic amines) is 1. The maximum absolute atomic E-state index is 13.7. The van der Waals surface area contributed by atoms with Crippen LogP contribution in [0.2, 0.25) is 0 Å². The van der Waals surface area contributed by atoms with Gasteiger partial charge in [0.1, 0.15) is 0 Å². The predicted octanol–water partition coefficient (Wildman–Crippen LogP) is 1.09. The normalized spacial score (nSPS) is 14.3. The molecule has 1 aliphatic heterocycles. The summed E-state index contributed by atoms with van der Waals surface area (Å²) in [5, 5.41) is 12.6. The van der Waals surface area contributed by atoms with Gasteiger partial charge in [0, 0.05) is 40.2 Å². The highest BCUT2D eigenvalue weighted by atomic mass is 16.3. The number of amides is 2. The summed E-state index contributed by atoms with van der Waals surface area (Å²) in [6.45, 7) is 3.62. The molecule has 1 saturated heterocycles. The van der Waals surface area contributed by atoms with Crippen LogP contribution >= 0.6 is 0 Å². The highest BCUT2D eigenvalue weighted by molar-refractivity contribution is 6.06. The van der Waals surface area contributed by atoms with Gasteiger partial charge in [0.05, 0.1) is 46.3 Å². The van der Waals surface area contributed by atoms with Gasteiger partial charge in [-0.1, -0.05) is 11.6 Å². The number of benzene rings is 2. The summed E-state index contributed by atoms with van der Waals surface area (Å²) >= 11 is 0. The van der Waals surface area contributed by atoms with E-state index in [-0.39, 0.29) is 53.5 Å². The van der Waals surface area contributed by atoms with Crippen molar-refractivity contribution in [1.82, 2.24) is 23.2 Å². The Morgan fingerprint density at radius 2 is 1.62 bits per heavy atom. The van der Waals surface area contributed by atoms with Crippen molar-refractivity contribution in [3.8, 4) is 0 Å². The number of carbonyl (C=O) groups is 2. The second-order valence-electron chi connectivity index (χ2n) is 10.3. The molecule has 12 heteroatoms. The lowest BCUT2D eigenvalue weighted by atomic mass is 10.0. The summed E-state index contributed by atoms with van der Waals surface area (Å²) in [6.07, 6.45) is 0.799. The lowest BCUT2D eigenvalue weighted by Gasteiger charge is -2.33. The van der Waals surface area contributed by atoms with Crippen molar-refractivity contribution in [2.45, 2.75) is 39.3 Å². The van der Waals surface area contributed by atoms with Gasteiger partial charge in [-0.3, -0.25) is 32.7 Å². The van der Waals surface area contributed by atoms with Crippen LogP contribution in [0.5, 0.6) is 0 Å². The largest absolute Gasteiger partial charge is 0.395 e. The number of nitrogens with zero attached hydrogens (tertiary/aromatic N) is 5. The molecule has 210 valence electrons. The highest BCUT2D eigenvalue weighted by Crippen LogP contribution is 2.28. The molecule has 1 aliphatic rings. The third-order valence-electron chi connectivity index (χ3n) is 7.72. The highest BCUT2D eigenvalue weighted by Gasteiger charge is 2.29. The topological polar surface area (TPSA) is 141 Å². The number of piperidine rings is 1. The van der Waals surface area contributed by atoms with E-state index >= 15 is 0 Å². The van der Waals surface area contributed by atoms with Crippen molar-refractivity contribution in [3.63, 3.8) is 0 Å². The number of fused-ring (bicyclic) bond motifs is 2. The summed E-state index contributed by atoms with van der Waals surface area (Å²) in [7, 11) is 3.23. The molecule has 0 unspecified atom stereocenters. The third kappa shape index (κ3) is 4.43. The fourth-order valence-corrected chi connectivity index (χ4v) is 5.65. The van der Waals surface area contributed by atoms with Gasteiger partial charge in [-0.25, -0.2) is 9.59 Å². The molecule has 0 spiro atoms. The summed E-state index contributed by atoms with van der Waals surface area (Å²) in [6, 6.07) is 8.20. The fourth-order valence-electron chi connectivity index (χ4n) is 5.65. The van der Waals surface area contributed by atoms with Crippen LogP contribution in [0.25, 0.3) is 21.9 Å². The zero-order valence-corrected chi connectivity index (χ0v) is 22.9. The van der Waals surface area contributed by atoms with Crippen molar-refractivity contribution >= 4 is 39.4 Å². The number of anilines is 1. The molecule has 0 bridgehead atoms. The Hall–Kier alpha value is -4.45. The van der Waals surface area contributed by atoms with Crippen LogP contribution in [-0.2, 0) is 25.4 Å². The lowest BCUT2D eigenvalue weighted by Crippen LogP contribution is -2.46. The van der Waals surface area contributed by atoms with E-state index in [4.69, 9.17) is 0 Å². The summed E-state index contributed by atoms with van der Waals surface area (Å²) < 4.78 is 5.57. The molecule has 5 rings (SSSR count). The summed E-state index contributed by atoms with van der Waals surface area (Å²) in [4.78, 5) is 66.6. The molecule has 4 aromatic rings. The monoisotopic (exact) mass is 548 g/mol. The van der Waals surface area contributed by atoms with Gasteiger partial charge >= 0.3 is 11.4 Å². The van der Waals surface area contributed by atoms with E-state index in [1.807, 2.05) is 13.0 Å². The van der Waals surface area contributed by atoms with Crippen molar-refractivity contribution < 1.29 is 14.7 Å². The lowest BCUT2D eigenvalue weighted by molar-refractivity contribution is -0.114. The summed E-state index contributed by atoms with van der Waals surface area (Å²) in [5.74, 6) is -0.709. The molecule has 2 aromatic heterocycles. The second kappa shape index (κ2) is 10.3. The van der Waals surface area contributed by atoms with Crippen molar-refractivity contribution in [2.75, 3.05) is 25.0 Å². The quantitative estimate of drug-likeness (QED) is 0.383. The number of hydrogen-bond acceptors (Lipinski definition) is 6. The van der Waals surface area contributed by atoms with Gasteiger partial charge in [-0.15, -0.1) is 0 Å². The van der Waals surface area contributed by atoms with Crippen LogP contribution in [0.4, 0.5) is 5.69 Å². The van der Waals surface area contributed by atoms with E-state index in [0.29, 0.717) is 47.9 Å². The van der Waals surface area contributed by atoms with Gasteiger partial charge in [-0.05, 0) is 44.0 Å². The van der Waals surface area contributed by atoms with Crippen LogP contribution in [0, 0.1) is 6.92 Å². The van der Waals surface area contributed by atoms with E-state index in [9.17, 15) is 29.1 Å². The Balaban J connectivity index is 1.48. The second-order valence-corrected chi connectivity index (χ2v) is 10.3. The van der Waals surface area contributed by atoms with Crippen LogP contribution in [-0.4, -0.2) is 59.8 Å². The number of hydrogen-bond donors (Lipinski definition) is 2. The molecular weight excluding hydrogens is 516 g/mol. The van der Waals surface area contributed by atoms with Crippen molar-refractivity contribution in [1.29, 1.82) is 0 Å².